The molecule has 0 aliphatic carbocycles. The van der Waals surface area contributed by atoms with E-state index >= 15 is 0 Å². The second-order valence-corrected chi connectivity index (χ2v) is 9.29. The highest BCUT2D eigenvalue weighted by Gasteiger charge is 2.37. The number of amides is 1. The molecule has 166 valence electrons. The smallest absolute Gasteiger partial charge is 0.408 e. The Hall–Kier alpha value is -0.810. The highest BCUT2D eigenvalue weighted by molar-refractivity contribution is 5.68. The molecule has 28 heavy (non-hydrogen) atoms. The molecule has 1 saturated heterocycles. The SMILES string of the molecule is CCCCCCCCCCCCCC[C@@H]1OC[C@H](O)[C@H]1NC(=O)OC(C)(C)C. The number of aliphatic hydroxyl groups excluding tert-OH is 1. The summed E-state index contributed by atoms with van der Waals surface area (Å²) in [6.07, 6.45) is 15.4. The van der Waals surface area contributed by atoms with Gasteiger partial charge in [0, 0.05) is 0 Å². The van der Waals surface area contributed by atoms with Crippen LogP contribution in [0.4, 0.5) is 4.79 Å². The molecule has 5 heteroatoms. The minimum atomic E-state index is -0.658. The molecule has 0 aromatic heterocycles. The predicted molar refractivity (Wildman–Crippen MR) is 115 cm³/mol. The largest absolute Gasteiger partial charge is 0.444 e. The highest BCUT2D eigenvalue weighted by atomic mass is 16.6. The van der Waals surface area contributed by atoms with E-state index in [2.05, 4.69) is 12.2 Å². The fraction of sp³-hybridized carbons (Fsp3) is 0.957. The van der Waals surface area contributed by atoms with E-state index in [1.165, 1.54) is 70.6 Å². The normalized spacial score (nSPS) is 22.4. The molecule has 2 N–H and O–H groups in total. The van der Waals surface area contributed by atoms with Crippen LogP contribution in [0.2, 0.25) is 0 Å². The summed E-state index contributed by atoms with van der Waals surface area (Å²) in [6, 6.07) is -0.373. The molecule has 0 aromatic rings. The Bertz CT molecular complexity index is 408. The van der Waals surface area contributed by atoms with Crippen LogP contribution in [0.1, 0.15) is 111 Å². The maximum absolute atomic E-state index is 12.0. The van der Waals surface area contributed by atoms with Crippen molar-refractivity contribution in [3.8, 4) is 0 Å². The van der Waals surface area contributed by atoms with Crippen LogP contribution in [0.25, 0.3) is 0 Å². The van der Waals surface area contributed by atoms with Crippen LogP contribution in [-0.2, 0) is 9.47 Å². The average Bonchev–Trinajstić information content (AvgIpc) is 2.94. The van der Waals surface area contributed by atoms with Crippen molar-refractivity contribution in [2.24, 2.45) is 0 Å². The zero-order valence-electron chi connectivity index (χ0n) is 18.8. The lowest BCUT2D eigenvalue weighted by Crippen LogP contribution is -2.48. The molecule has 5 nitrogen and oxygen atoms in total. The summed E-state index contributed by atoms with van der Waals surface area (Å²) in [5.41, 5.74) is -0.542. The van der Waals surface area contributed by atoms with Gasteiger partial charge in [-0.05, 0) is 27.2 Å². The number of hydrogen-bond donors (Lipinski definition) is 2. The lowest BCUT2D eigenvalue weighted by molar-refractivity contribution is 0.0419. The monoisotopic (exact) mass is 399 g/mol. The number of alkyl carbamates (subject to hydrolysis) is 1. The van der Waals surface area contributed by atoms with Crippen molar-refractivity contribution < 1.29 is 19.4 Å². The van der Waals surface area contributed by atoms with Gasteiger partial charge in [0.1, 0.15) is 11.7 Å². The first-order valence-electron chi connectivity index (χ1n) is 11.6. The van der Waals surface area contributed by atoms with Crippen LogP contribution in [-0.4, -0.2) is 41.7 Å². The summed E-state index contributed by atoms with van der Waals surface area (Å²) < 4.78 is 11.0. The number of nitrogens with one attached hydrogen (secondary N) is 1. The number of aliphatic hydroxyl groups is 1. The van der Waals surface area contributed by atoms with Gasteiger partial charge < -0.3 is 19.9 Å². The first kappa shape index (κ1) is 25.2. The van der Waals surface area contributed by atoms with E-state index in [0.717, 1.165) is 12.8 Å². The number of hydrogen-bond acceptors (Lipinski definition) is 4. The van der Waals surface area contributed by atoms with Crippen molar-refractivity contribution in [2.45, 2.75) is 135 Å². The topological polar surface area (TPSA) is 67.8 Å². The van der Waals surface area contributed by atoms with E-state index in [-0.39, 0.29) is 18.8 Å². The van der Waals surface area contributed by atoms with Crippen LogP contribution in [0.15, 0.2) is 0 Å². The maximum Gasteiger partial charge on any atom is 0.408 e. The third-order valence-corrected chi connectivity index (χ3v) is 5.32. The van der Waals surface area contributed by atoms with Crippen molar-refractivity contribution >= 4 is 6.09 Å². The first-order chi connectivity index (χ1) is 13.3. The second kappa shape index (κ2) is 14.2. The zero-order chi connectivity index (χ0) is 20.8. The molecule has 3 atom stereocenters. The van der Waals surface area contributed by atoms with Gasteiger partial charge in [-0.3, -0.25) is 0 Å². The number of unbranched alkanes of at least 4 members (excludes halogenated alkanes) is 11. The van der Waals surface area contributed by atoms with Gasteiger partial charge in [0.15, 0.2) is 0 Å². The maximum atomic E-state index is 12.0. The first-order valence-corrected chi connectivity index (χ1v) is 11.6. The van der Waals surface area contributed by atoms with Crippen LogP contribution in [0, 0.1) is 0 Å². The standard InChI is InChI=1S/C23H45NO4/c1-5-6-7-8-9-10-11-12-13-14-15-16-17-20-21(19(25)18-27-20)24-22(26)28-23(2,3)4/h19-21,25H,5-18H2,1-4H3,(H,24,26)/t19-,20-,21+/m0/s1. The molecular formula is C23H45NO4. The van der Waals surface area contributed by atoms with Crippen molar-refractivity contribution in [2.75, 3.05) is 6.61 Å². The summed E-state index contributed by atoms with van der Waals surface area (Å²) in [4.78, 5) is 12.0. The van der Waals surface area contributed by atoms with Gasteiger partial charge in [-0.15, -0.1) is 0 Å². The summed E-state index contributed by atoms with van der Waals surface area (Å²) in [5, 5.41) is 12.9. The van der Waals surface area contributed by atoms with E-state index in [0.29, 0.717) is 0 Å². The summed E-state index contributed by atoms with van der Waals surface area (Å²) in [7, 11) is 0. The summed E-state index contributed by atoms with van der Waals surface area (Å²) in [5.74, 6) is 0. The minimum absolute atomic E-state index is 0.120. The molecule has 0 unspecified atom stereocenters. The number of carbonyl (C=O) groups is 1. The van der Waals surface area contributed by atoms with Crippen molar-refractivity contribution in [1.82, 2.24) is 5.32 Å². The van der Waals surface area contributed by atoms with E-state index in [1.54, 1.807) is 0 Å². The second-order valence-electron chi connectivity index (χ2n) is 9.29. The third kappa shape index (κ3) is 11.9. The average molecular weight is 400 g/mol. The lowest BCUT2D eigenvalue weighted by atomic mass is 10.0. The Kier molecular flexibility index (Phi) is 12.8. The van der Waals surface area contributed by atoms with E-state index in [9.17, 15) is 9.90 Å². The molecule has 1 fully saturated rings. The summed E-state index contributed by atoms with van der Waals surface area (Å²) >= 11 is 0. The molecular weight excluding hydrogens is 354 g/mol. The Balaban J connectivity index is 2.06. The molecule has 1 amide bonds. The third-order valence-electron chi connectivity index (χ3n) is 5.32. The number of carbonyl (C=O) groups excluding carboxylic acids is 1. The predicted octanol–water partition coefficient (Wildman–Crippen LogP) is 5.73. The van der Waals surface area contributed by atoms with Crippen LogP contribution < -0.4 is 5.32 Å². The van der Waals surface area contributed by atoms with Gasteiger partial charge in [0.2, 0.25) is 0 Å². The highest BCUT2D eigenvalue weighted by Crippen LogP contribution is 2.21. The fourth-order valence-electron chi connectivity index (χ4n) is 3.76. The summed E-state index contributed by atoms with van der Waals surface area (Å²) in [6.45, 7) is 8.04. The molecule has 0 spiro atoms. The molecule has 1 aliphatic rings. The van der Waals surface area contributed by atoms with Gasteiger partial charge in [-0.25, -0.2) is 4.79 Å². The molecule has 1 heterocycles. The van der Waals surface area contributed by atoms with Crippen LogP contribution in [0.5, 0.6) is 0 Å². The lowest BCUT2D eigenvalue weighted by Gasteiger charge is -2.25. The van der Waals surface area contributed by atoms with E-state index in [1.807, 2.05) is 20.8 Å². The van der Waals surface area contributed by atoms with Crippen molar-refractivity contribution in [1.29, 1.82) is 0 Å². The molecule has 1 aliphatic heterocycles. The van der Waals surface area contributed by atoms with Gasteiger partial charge in [0.25, 0.3) is 0 Å². The van der Waals surface area contributed by atoms with Gasteiger partial charge >= 0.3 is 6.09 Å². The Morgan fingerprint density at radius 2 is 1.46 bits per heavy atom. The van der Waals surface area contributed by atoms with Gasteiger partial charge in [-0.1, -0.05) is 84.0 Å². The number of rotatable bonds is 14. The van der Waals surface area contributed by atoms with Crippen LogP contribution in [0.3, 0.4) is 0 Å². The Morgan fingerprint density at radius 3 is 1.96 bits per heavy atom. The fourth-order valence-corrected chi connectivity index (χ4v) is 3.76. The molecule has 0 saturated carbocycles. The number of ether oxygens (including phenoxy) is 2. The minimum Gasteiger partial charge on any atom is -0.444 e. The Morgan fingerprint density at radius 1 is 0.964 bits per heavy atom. The van der Waals surface area contributed by atoms with Gasteiger partial charge in [-0.2, -0.15) is 0 Å². The van der Waals surface area contributed by atoms with Crippen LogP contribution >= 0.6 is 0 Å². The molecule has 0 bridgehead atoms. The zero-order valence-corrected chi connectivity index (χ0v) is 18.8. The van der Waals surface area contributed by atoms with E-state index in [4.69, 9.17) is 9.47 Å². The molecule has 1 rings (SSSR count). The quantitative estimate of drug-likeness (QED) is 0.366. The van der Waals surface area contributed by atoms with Crippen molar-refractivity contribution in [3.05, 3.63) is 0 Å². The van der Waals surface area contributed by atoms with Crippen molar-refractivity contribution in [3.63, 3.8) is 0 Å². The molecule has 0 radical (unpaired) electrons. The van der Waals surface area contributed by atoms with Gasteiger partial charge in [0.05, 0.1) is 18.8 Å². The Labute approximate surface area is 172 Å². The van der Waals surface area contributed by atoms with E-state index < -0.39 is 17.8 Å². The molecule has 0 aromatic carbocycles.